The zero-order valence-corrected chi connectivity index (χ0v) is 15.8. The molecule has 8 nitrogen and oxygen atoms in total. The first kappa shape index (κ1) is 18.7. The lowest BCUT2D eigenvalue weighted by atomic mass is 9.80. The number of rotatable bonds is 2. The predicted octanol–water partition coefficient (Wildman–Crippen LogP) is 1.98. The molecule has 0 aromatic carbocycles. The minimum Gasteiger partial charge on any atom is -0.392 e. The van der Waals surface area contributed by atoms with Gasteiger partial charge in [-0.25, -0.2) is 0 Å². The van der Waals surface area contributed by atoms with E-state index in [1.165, 1.54) is 6.42 Å². The molecule has 144 valence electrons. The lowest BCUT2D eigenvalue weighted by Gasteiger charge is -2.37. The number of ether oxygens (including phenoxy) is 4. The van der Waals surface area contributed by atoms with E-state index in [0.29, 0.717) is 0 Å². The van der Waals surface area contributed by atoms with Crippen molar-refractivity contribution in [3.05, 3.63) is 10.6 Å². The molecule has 9 heteroatoms. The topological polar surface area (TPSA) is 134 Å². The van der Waals surface area contributed by atoms with E-state index in [1.54, 1.807) is 7.11 Å². The number of hydrogen-bond acceptors (Lipinski definition) is 9. The number of methoxy groups -OCH3 is 1. The quantitative estimate of drug-likeness (QED) is 0.731. The predicted molar refractivity (Wildman–Crippen MR) is 96.0 cm³/mol. The smallest absolute Gasteiger partial charge is 0.190 e. The van der Waals surface area contributed by atoms with Crippen LogP contribution in [0, 0.1) is 39.9 Å². The first-order valence-electron chi connectivity index (χ1n) is 9.13. The van der Waals surface area contributed by atoms with Gasteiger partial charge < -0.3 is 24.7 Å². The summed E-state index contributed by atoms with van der Waals surface area (Å²) in [5, 5.41) is 27.7. The molecule has 3 fully saturated rings. The Kier molecular flexibility index (Phi) is 4.91. The molecule has 1 spiro atoms. The second kappa shape index (κ2) is 7.08. The summed E-state index contributed by atoms with van der Waals surface area (Å²) in [6.07, 6.45) is 2.72. The Balaban J connectivity index is 1.63. The van der Waals surface area contributed by atoms with Gasteiger partial charge in [-0.1, -0.05) is 18.2 Å². The number of nitrogens with one attached hydrogen (secondary N) is 1. The Labute approximate surface area is 162 Å². The van der Waals surface area contributed by atoms with Crippen molar-refractivity contribution in [1.29, 1.82) is 15.9 Å². The van der Waals surface area contributed by atoms with Crippen LogP contribution in [-0.4, -0.2) is 42.5 Å². The largest absolute Gasteiger partial charge is 0.392 e. The van der Waals surface area contributed by atoms with E-state index in [9.17, 15) is 10.5 Å². The Morgan fingerprint density at radius 1 is 1.22 bits per heavy atom. The Morgan fingerprint density at radius 2 is 1.96 bits per heavy atom. The van der Waals surface area contributed by atoms with Crippen molar-refractivity contribution in [3.8, 4) is 12.1 Å². The summed E-state index contributed by atoms with van der Waals surface area (Å²) in [6, 6.07) is 4.23. The van der Waals surface area contributed by atoms with Crippen molar-refractivity contribution in [2.45, 2.75) is 62.5 Å². The van der Waals surface area contributed by atoms with Crippen LogP contribution in [0.1, 0.15) is 32.1 Å². The van der Waals surface area contributed by atoms with E-state index in [2.05, 4.69) is 12.1 Å². The van der Waals surface area contributed by atoms with Crippen LogP contribution in [-0.2, 0) is 18.9 Å². The summed E-state index contributed by atoms with van der Waals surface area (Å²) in [5.41, 5.74) is 6.25. The molecule has 3 aliphatic heterocycles. The molecule has 0 unspecified atom stereocenters. The molecular weight excluding hydrogens is 368 g/mol. The highest BCUT2D eigenvalue weighted by atomic mass is 32.2. The van der Waals surface area contributed by atoms with Gasteiger partial charge in [0, 0.05) is 25.9 Å². The molecule has 2 saturated heterocycles. The molecule has 0 amide bonds. The minimum absolute atomic E-state index is 0.111. The molecule has 0 aromatic rings. The zero-order valence-electron chi connectivity index (χ0n) is 15.0. The highest BCUT2D eigenvalue weighted by Gasteiger charge is 2.61. The van der Waals surface area contributed by atoms with Gasteiger partial charge >= 0.3 is 0 Å². The molecule has 0 bridgehead atoms. The van der Waals surface area contributed by atoms with Gasteiger partial charge in [0.15, 0.2) is 12.1 Å². The van der Waals surface area contributed by atoms with E-state index in [4.69, 9.17) is 30.1 Å². The van der Waals surface area contributed by atoms with Crippen LogP contribution in [0.2, 0.25) is 0 Å². The summed E-state index contributed by atoms with van der Waals surface area (Å²) in [7, 11) is 1.56. The van der Waals surface area contributed by atoms with E-state index < -0.39 is 42.2 Å². The van der Waals surface area contributed by atoms with Crippen molar-refractivity contribution in [2.75, 3.05) is 7.11 Å². The first-order chi connectivity index (χ1) is 13.0. The van der Waals surface area contributed by atoms with Crippen LogP contribution in [0.25, 0.3) is 0 Å². The van der Waals surface area contributed by atoms with Gasteiger partial charge in [-0.2, -0.15) is 10.5 Å². The standard InChI is InChI=1S/C18H22N4O4S/c1-23-13-12(11-9(7-19)15(21)27-16(22)10(11)8-20)24-17-14(13)25-18(26-17)5-3-2-4-6-18/h9,11-14,17,21H,2-6,22H2,1H3/t9-,11+,12-,13-,14+,17-/m0/s1. The molecule has 1 aliphatic carbocycles. The summed E-state index contributed by atoms with van der Waals surface area (Å²) in [5.74, 6) is -2.12. The number of fused-ring (bicyclic) bond motifs is 1. The molecule has 3 N–H and O–H groups in total. The van der Waals surface area contributed by atoms with E-state index >= 15 is 0 Å². The third-order valence-corrected chi connectivity index (χ3v) is 6.76. The van der Waals surface area contributed by atoms with Crippen molar-refractivity contribution < 1.29 is 18.9 Å². The van der Waals surface area contributed by atoms with Crippen LogP contribution in [0.15, 0.2) is 10.6 Å². The van der Waals surface area contributed by atoms with Gasteiger partial charge in [-0.05, 0) is 12.8 Å². The fourth-order valence-corrected chi connectivity index (χ4v) is 5.45. The number of thioether (sulfide) groups is 1. The fraction of sp³-hybridized carbons (Fsp3) is 0.722. The van der Waals surface area contributed by atoms with Gasteiger partial charge in [-0.3, -0.25) is 5.41 Å². The maximum atomic E-state index is 9.62. The Hall–Kier alpha value is -1.62. The van der Waals surface area contributed by atoms with Crippen molar-refractivity contribution in [2.24, 2.45) is 17.6 Å². The van der Waals surface area contributed by atoms with Gasteiger partial charge in [0.05, 0.1) is 33.9 Å². The molecule has 4 aliphatic rings. The molecule has 1 saturated carbocycles. The van der Waals surface area contributed by atoms with Crippen LogP contribution in [0.5, 0.6) is 0 Å². The summed E-state index contributed by atoms with van der Waals surface area (Å²) in [6.45, 7) is 0. The van der Waals surface area contributed by atoms with Crippen molar-refractivity contribution in [1.82, 2.24) is 0 Å². The lowest BCUT2D eigenvalue weighted by molar-refractivity contribution is -0.250. The molecule has 4 rings (SSSR count). The Morgan fingerprint density at radius 3 is 2.59 bits per heavy atom. The first-order valence-corrected chi connectivity index (χ1v) is 9.95. The van der Waals surface area contributed by atoms with Crippen molar-refractivity contribution in [3.63, 3.8) is 0 Å². The average Bonchev–Trinajstić information content (AvgIpc) is 3.15. The highest BCUT2D eigenvalue weighted by Crippen LogP contribution is 2.49. The monoisotopic (exact) mass is 390 g/mol. The third kappa shape index (κ3) is 2.95. The molecule has 0 aromatic heterocycles. The normalized spacial score (nSPS) is 40.6. The molecule has 6 atom stereocenters. The number of nitrogens with zero attached hydrogens (tertiary/aromatic N) is 2. The number of nitrogens with two attached hydrogens (primary N) is 1. The van der Waals surface area contributed by atoms with Crippen molar-refractivity contribution >= 4 is 16.8 Å². The second-order valence-electron chi connectivity index (χ2n) is 7.33. The molecule has 0 radical (unpaired) electrons. The van der Waals surface area contributed by atoms with E-state index in [-0.39, 0.29) is 15.6 Å². The van der Waals surface area contributed by atoms with Crippen LogP contribution in [0.3, 0.4) is 0 Å². The maximum absolute atomic E-state index is 9.62. The van der Waals surface area contributed by atoms with E-state index in [1.807, 2.05) is 0 Å². The SMILES string of the molecule is CO[C@H]1[C@H]([C@H]2C(C#N)=C(N)SC(=N)[C@H]2C#N)O[C@H]2OC3(CCCCC3)O[C@@H]21. The molecular formula is C18H22N4O4S. The zero-order chi connectivity index (χ0) is 19.2. The van der Waals surface area contributed by atoms with Crippen LogP contribution < -0.4 is 5.73 Å². The van der Waals surface area contributed by atoms with Crippen LogP contribution >= 0.6 is 11.8 Å². The highest BCUT2D eigenvalue weighted by molar-refractivity contribution is 8.17. The minimum atomic E-state index is -0.818. The van der Waals surface area contributed by atoms with Gasteiger partial charge in [0.1, 0.15) is 18.1 Å². The molecule has 3 heterocycles. The maximum Gasteiger partial charge on any atom is 0.190 e. The lowest BCUT2D eigenvalue weighted by Crippen LogP contribution is -2.46. The van der Waals surface area contributed by atoms with Gasteiger partial charge in [0.2, 0.25) is 0 Å². The number of nitriles is 2. The molecule has 27 heavy (non-hydrogen) atoms. The summed E-state index contributed by atoms with van der Waals surface area (Å²) < 4.78 is 24.3. The summed E-state index contributed by atoms with van der Waals surface area (Å²) >= 11 is 0.954. The third-order valence-electron chi connectivity index (χ3n) is 5.85. The van der Waals surface area contributed by atoms with Crippen LogP contribution in [0.4, 0.5) is 0 Å². The second-order valence-corrected chi connectivity index (χ2v) is 8.41. The number of hydrogen-bond donors (Lipinski definition) is 2. The van der Waals surface area contributed by atoms with E-state index in [0.717, 1.165) is 37.4 Å². The van der Waals surface area contributed by atoms with Gasteiger partial charge in [0.25, 0.3) is 0 Å². The Bertz CT molecular complexity index is 751. The van der Waals surface area contributed by atoms with Gasteiger partial charge in [-0.15, -0.1) is 0 Å². The average molecular weight is 390 g/mol. The fourth-order valence-electron chi connectivity index (χ4n) is 4.59. The summed E-state index contributed by atoms with van der Waals surface area (Å²) in [4.78, 5) is 0.